The van der Waals surface area contributed by atoms with Crippen molar-refractivity contribution in [1.82, 2.24) is 14.7 Å². The molecule has 0 saturated carbocycles. The zero-order chi connectivity index (χ0) is 14.2. The van der Waals surface area contributed by atoms with Crippen molar-refractivity contribution in [2.24, 2.45) is 0 Å². The highest BCUT2D eigenvalue weighted by molar-refractivity contribution is 4.82. The van der Waals surface area contributed by atoms with E-state index in [2.05, 4.69) is 21.6 Å². The zero-order valence-electron chi connectivity index (χ0n) is 13.5. The Balaban J connectivity index is 1.69. The quantitative estimate of drug-likeness (QED) is 0.705. The van der Waals surface area contributed by atoms with Crippen LogP contribution >= 0.6 is 0 Å². The van der Waals surface area contributed by atoms with Gasteiger partial charge in [0.15, 0.2) is 0 Å². The summed E-state index contributed by atoms with van der Waals surface area (Å²) in [6.07, 6.45) is 5.50. The van der Waals surface area contributed by atoms with Gasteiger partial charge in [-0.3, -0.25) is 9.80 Å². The molecule has 1 atom stereocenters. The van der Waals surface area contributed by atoms with Crippen LogP contribution in [0.3, 0.4) is 0 Å². The van der Waals surface area contributed by atoms with E-state index in [1.807, 2.05) is 0 Å². The fraction of sp³-hybridized carbons (Fsp3) is 1.00. The maximum Gasteiger partial charge on any atom is 0.0589 e. The number of likely N-dealkylation sites (tertiary alicyclic amines) is 1. The fourth-order valence-electron chi connectivity index (χ4n) is 3.52. The summed E-state index contributed by atoms with van der Waals surface area (Å²) in [5.74, 6) is 0. The molecule has 0 bridgehead atoms. The van der Waals surface area contributed by atoms with Gasteiger partial charge in [-0.05, 0) is 32.4 Å². The lowest BCUT2D eigenvalue weighted by Gasteiger charge is -2.42. The molecule has 0 aliphatic carbocycles. The van der Waals surface area contributed by atoms with Gasteiger partial charge in [0.1, 0.15) is 0 Å². The Bertz CT molecular complexity index is 256. The standard InChI is InChI=1S/C16H33N3O/c1-3-16-15-18(11-12-19(16)13-14-20-2)10-9-17-7-5-4-6-8-17/h16H,3-15H2,1-2H3/t16-/m0/s1. The second kappa shape index (κ2) is 8.98. The predicted octanol–water partition coefficient (Wildman–Crippen LogP) is 1.51. The van der Waals surface area contributed by atoms with Crippen molar-refractivity contribution < 1.29 is 4.74 Å². The highest BCUT2D eigenvalue weighted by atomic mass is 16.5. The Morgan fingerprint density at radius 3 is 2.35 bits per heavy atom. The lowest BCUT2D eigenvalue weighted by molar-refractivity contribution is 0.0444. The smallest absolute Gasteiger partial charge is 0.0589 e. The first-order valence-corrected chi connectivity index (χ1v) is 8.51. The Morgan fingerprint density at radius 2 is 1.65 bits per heavy atom. The third-order valence-electron chi connectivity index (χ3n) is 4.92. The van der Waals surface area contributed by atoms with E-state index in [0.717, 1.165) is 19.2 Å². The summed E-state index contributed by atoms with van der Waals surface area (Å²) >= 11 is 0. The van der Waals surface area contributed by atoms with Crippen LogP contribution in [-0.4, -0.2) is 86.8 Å². The molecule has 2 aliphatic heterocycles. The van der Waals surface area contributed by atoms with Crippen molar-refractivity contribution in [3.8, 4) is 0 Å². The van der Waals surface area contributed by atoms with Crippen LogP contribution in [0.2, 0.25) is 0 Å². The molecule has 2 aliphatic rings. The molecule has 4 heteroatoms. The number of piperidine rings is 1. The van der Waals surface area contributed by atoms with Crippen molar-refractivity contribution in [3.05, 3.63) is 0 Å². The summed E-state index contributed by atoms with van der Waals surface area (Å²) in [5, 5.41) is 0. The number of nitrogens with zero attached hydrogens (tertiary/aromatic N) is 3. The van der Waals surface area contributed by atoms with Crippen LogP contribution < -0.4 is 0 Å². The molecule has 0 unspecified atom stereocenters. The van der Waals surface area contributed by atoms with E-state index in [1.165, 1.54) is 71.5 Å². The molecule has 0 aromatic heterocycles. The van der Waals surface area contributed by atoms with Crippen molar-refractivity contribution in [2.45, 2.75) is 38.6 Å². The van der Waals surface area contributed by atoms with E-state index in [4.69, 9.17) is 4.74 Å². The molecular formula is C16H33N3O. The Hall–Kier alpha value is -0.160. The van der Waals surface area contributed by atoms with Gasteiger partial charge in [0.2, 0.25) is 0 Å². The van der Waals surface area contributed by atoms with Crippen molar-refractivity contribution in [3.63, 3.8) is 0 Å². The van der Waals surface area contributed by atoms with Crippen LogP contribution in [0, 0.1) is 0 Å². The third-order valence-corrected chi connectivity index (χ3v) is 4.92. The minimum atomic E-state index is 0.722. The Kier molecular flexibility index (Phi) is 7.28. The van der Waals surface area contributed by atoms with E-state index >= 15 is 0 Å². The molecular weight excluding hydrogens is 250 g/mol. The van der Waals surface area contributed by atoms with Gasteiger partial charge >= 0.3 is 0 Å². The van der Waals surface area contributed by atoms with E-state index in [1.54, 1.807) is 7.11 Å². The molecule has 2 heterocycles. The van der Waals surface area contributed by atoms with Gasteiger partial charge in [0, 0.05) is 52.4 Å². The summed E-state index contributed by atoms with van der Waals surface area (Å²) in [4.78, 5) is 7.94. The molecule has 4 nitrogen and oxygen atoms in total. The van der Waals surface area contributed by atoms with Gasteiger partial charge in [0.25, 0.3) is 0 Å². The molecule has 0 spiro atoms. The molecule has 2 fully saturated rings. The number of rotatable bonds is 7. The third kappa shape index (κ3) is 4.99. The minimum Gasteiger partial charge on any atom is -0.383 e. The van der Waals surface area contributed by atoms with Gasteiger partial charge in [-0.1, -0.05) is 13.3 Å². The van der Waals surface area contributed by atoms with Gasteiger partial charge in [-0.2, -0.15) is 0 Å². The molecule has 118 valence electrons. The lowest BCUT2D eigenvalue weighted by Crippen LogP contribution is -2.54. The summed E-state index contributed by atoms with van der Waals surface area (Å²) in [7, 11) is 1.80. The molecule has 0 amide bonds. The van der Waals surface area contributed by atoms with Crippen molar-refractivity contribution >= 4 is 0 Å². The maximum atomic E-state index is 5.23. The van der Waals surface area contributed by atoms with Gasteiger partial charge < -0.3 is 9.64 Å². The monoisotopic (exact) mass is 283 g/mol. The van der Waals surface area contributed by atoms with Crippen molar-refractivity contribution in [1.29, 1.82) is 0 Å². The van der Waals surface area contributed by atoms with Crippen LogP contribution in [0.4, 0.5) is 0 Å². The first-order valence-electron chi connectivity index (χ1n) is 8.51. The van der Waals surface area contributed by atoms with Gasteiger partial charge in [0.05, 0.1) is 6.61 Å². The normalized spacial score (nSPS) is 27.0. The largest absolute Gasteiger partial charge is 0.383 e. The minimum absolute atomic E-state index is 0.722. The number of methoxy groups -OCH3 is 1. The molecule has 2 saturated heterocycles. The first kappa shape index (κ1) is 16.2. The van der Waals surface area contributed by atoms with E-state index in [0.29, 0.717) is 0 Å². The predicted molar refractivity (Wildman–Crippen MR) is 84.3 cm³/mol. The Morgan fingerprint density at radius 1 is 0.900 bits per heavy atom. The van der Waals surface area contributed by atoms with Crippen LogP contribution in [0.1, 0.15) is 32.6 Å². The summed E-state index contributed by atoms with van der Waals surface area (Å²) in [5.41, 5.74) is 0. The summed E-state index contributed by atoms with van der Waals surface area (Å²) in [6.45, 7) is 13.1. The molecule has 0 N–H and O–H groups in total. The number of hydrogen-bond acceptors (Lipinski definition) is 4. The fourth-order valence-corrected chi connectivity index (χ4v) is 3.52. The molecule has 20 heavy (non-hydrogen) atoms. The SMILES string of the molecule is CC[C@H]1CN(CCN2CCCCC2)CCN1CCOC. The van der Waals surface area contributed by atoms with E-state index in [9.17, 15) is 0 Å². The molecule has 2 rings (SSSR count). The summed E-state index contributed by atoms with van der Waals surface area (Å²) < 4.78 is 5.23. The molecule has 0 radical (unpaired) electrons. The van der Waals surface area contributed by atoms with Crippen LogP contribution in [0.5, 0.6) is 0 Å². The van der Waals surface area contributed by atoms with E-state index < -0.39 is 0 Å². The topological polar surface area (TPSA) is 19.0 Å². The van der Waals surface area contributed by atoms with Gasteiger partial charge in [-0.15, -0.1) is 0 Å². The second-order valence-corrected chi connectivity index (χ2v) is 6.29. The summed E-state index contributed by atoms with van der Waals surface area (Å²) in [6, 6.07) is 0.722. The van der Waals surface area contributed by atoms with Crippen LogP contribution in [0.15, 0.2) is 0 Å². The molecule has 0 aromatic carbocycles. The molecule has 0 aromatic rings. The van der Waals surface area contributed by atoms with Crippen LogP contribution in [-0.2, 0) is 4.74 Å². The zero-order valence-corrected chi connectivity index (χ0v) is 13.5. The number of piperazine rings is 1. The maximum absolute atomic E-state index is 5.23. The number of hydrogen-bond donors (Lipinski definition) is 0. The van der Waals surface area contributed by atoms with Crippen molar-refractivity contribution in [2.75, 3.05) is 66.1 Å². The Labute approximate surface area is 125 Å². The van der Waals surface area contributed by atoms with Gasteiger partial charge in [-0.25, -0.2) is 0 Å². The first-order chi connectivity index (χ1) is 9.83. The van der Waals surface area contributed by atoms with E-state index in [-0.39, 0.29) is 0 Å². The highest BCUT2D eigenvalue weighted by Gasteiger charge is 2.25. The van der Waals surface area contributed by atoms with Crippen LogP contribution in [0.25, 0.3) is 0 Å². The average molecular weight is 283 g/mol. The highest BCUT2D eigenvalue weighted by Crippen LogP contribution is 2.13. The average Bonchev–Trinajstić information content (AvgIpc) is 2.52. The lowest BCUT2D eigenvalue weighted by atomic mass is 10.1. The number of ether oxygens (including phenoxy) is 1. The second-order valence-electron chi connectivity index (χ2n) is 6.29.